The minimum Gasteiger partial charge on any atom is -0.454 e. The van der Waals surface area contributed by atoms with Gasteiger partial charge in [-0.05, 0) is 56.2 Å². The Balaban J connectivity index is 1.48. The summed E-state index contributed by atoms with van der Waals surface area (Å²) in [7, 11) is 0. The molecule has 1 aromatic rings. The smallest absolute Gasteiger partial charge is 0.252 e. The number of hydrogen-bond acceptors (Lipinski definition) is 5. The maximum atomic E-state index is 13.5. The highest BCUT2D eigenvalue weighted by Crippen LogP contribution is 2.32. The highest BCUT2D eigenvalue weighted by molar-refractivity contribution is 5.98. The summed E-state index contributed by atoms with van der Waals surface area (Å²) in [5.74, 6) is 0.960. The van der Waals surface area contributed by atoms with Gasteiger partial charge in [-0.1, -0.05) is 13.8 Å². The first kappa shape index (κ1) is 22.4. The number of nitrogens with zero attached hydrogens (tertiary/aromatic N) is 2. The number of hydrogen-bond donors (Lipinski definition) is 1. The third-order valence-corrected chi connectivity index (χ3v) is 6.67. The van der Waals surface area contributed by atoms with Crippen LogP contribution in [0.3, 0.4) is 0 Å². The van der Waals surface area contributed by atoms with Gasteiger partial charge < -0.3 is 24.6 Å². The largest absolute Gasteiger partial charge is 0.454 e. The van der Waals surface area contributed by atoms with Crippen molar-refractivity contribution >= 4 is 17.7 Å². The Kier molecular flexibility index (Phi) is 6.86. The number of likely N-dealkylation sites (tertiary alicyclic amines) is 2. The molecule has 1 unspecified atom stereocenters. The van der Waals surface area contributed by atoms with Gasteiger partial charge in [0.1, 0.15) is 6.04 Å². The van der Waals surface area contributed by atoms with Crippen LogP contribution in [0, 0.1) is 11.8 Å². The van der Waals surface area contributed by atoms with Crippen LogP contribution >= 0.6 is 0 Å². The van der Waals surface area contributed by atoms with Crippen molar-refractivity contribution in [1.82, 2.24) is 15.1 Å². The zero-order valence-corrected chi connectivity index (χ0v) is 19.0. The Morgan fingerprint density at radius 1 is 0.906 bits per heavy atom. The molecule has 0 saturated carbocycles. The van der Waals surface area contributed by atoms with E-state index in [-0.39, 0.29) is 36.4 Å². The predicted molar refractivity (Wildman–Crippen MR) is 118 cm³/mol. The van der Waals surface area contributed by atoms with Crippen LogP contribution in [0.2, 0.25) is 0 Å². The molecule has 2 fully saturated rings. The number of carbonyl (C=O) groups excluding carboxylic acids is 3. The number of amides is 3. The molecule has 0 aromatic heterocycles. The van der Waals surface area contributed by atoms with Crippen LogP contribution in [0.15, 0.2) is 18.2 Å². The second-order valence-corrected chi connectivity index (χ2v) is 9.22. The summed E-state index contributed by atoms with van der Waals surface area (Å²) in [6.07, 6.45) is 4.52. The SMILES string of the molecule is CC(C)C(=O)N1CCC(C(NC(=O)c2ccc3c(c2)OCO3)C(=O)N2CCCCC2)CC1. The Bertz CT molecular complexity index is 857. The van der Waals surface area contributed by atoms with Gasteiger partial charge in [0.25, 0.3) is 5.91 Å². The lowest BCUT2D eigenvalue weighted by Gasteiger charge is -2.39. The Morgan fingerprint density at radius 3 is 2.25 bits per heavy atom. The Morgan fingerprint density at radius 2 is 1.56 bits per heavy atom. The average Bonchev–Trinajstić information content (AvgIpc) is 3.30. The number of benzene rings is 1. The van der Waals surface area contributed by atoms with E-state index >= 15 is 0 Å². The molecular weight excluding hydrogens is 410 g/mol. The molecule has 2 saturated heterocycles. The molecule has 0 spiro atoms. The molecule has 0 aliphatic carbocycles. The van der Waals surface area contributed by atoms with Gasteiger partial charge in [0.05, 0.1) is 0 Å². The lowest BCUT2D eigenvalue weighted by Crippen LogP contribution is -2.55. The topological polar surface area (TPSA) is 88.2 Å². The quantitative estimate of drug-likeness (QED) is 0.755. The lowest BCUT2D eigenvalue weighted by atomic mass is 9.87. The van der Waals surface area contributed by atoms with Crippen LogP contribution in [0.25, 0.3) is 0 Å². The maximum absolute atomic E-state index is 13.5. The summed E-state index contributed by atoms with van der Waals surface area (Å²) in [5.41, 5.74) is 0.443. The lowest BCUT2D eigenvalue weighted by molar-refractivity contribution is -0.138. The minimum absolute atomic E-state index is 0.00130. The van der Waals surface area contributed by atoms with Gasteiger partial charge in [-0.25, -0.2) is 0 Å². The summed E-state index contributed by atoms with van der Waals surface area (Å²) in [4.78, 5) is 42.7. The Labute approximate surface area is 189 Å². The molecule has 1 N–H and O–H groups in total. The van der Waals surface area contributed by atoms with E-state index < -0.39 is 6.04 Å². The van der Waals surface area contributed by atoms with Gasteiger partial charge in [-0.2, -0.15) is 0 Å². The standard InChI is InChI=1S/C24H33N3O5/c1-16(2)23(29)27-12-8-17(9-13-27)21(24(30)26-10-4-3-5-11-26)25-22(28)18-6-7-19-20(14-18)32-15-31-19/h6-7,14,16-17,21H,3-5,8-13,15H2,1-2H3,(H,25,28). The fourth-order valence-corrected chi connectivity index (χ4v) is 4.77. The third-order valence-electron chi connectivity index (χ3n) is 6.67. The monoisotopic (exact) mass is 443 g/mol. The van der Waals surface area contributed by atoms with Crippen molar-refractivity contribution in [1.29, 1.82) is 0 Å². The van der Waals surface area contributed by atoms with E-state index in [1.807, 2.05) is 23.6 Å². The molecule has 0 radical (unpaired) electrons. The normalized spacial score (nSPS) is 19.7. The molecule has 3 aliphatic heterocycles. The van der Waals surface area contributed by atoms with Gasteiger partial charge in [-0.3, -0.25) is 14.4 Å². The molecule has 4 rings (SSSR count). The zero-order chi connectivity index (χ0) is 22.7. The minimum atomic E-state index is -0.595. The highest BCUT2D eigenvalue weighted by atomic mass is 16.7. The fourth-order valence-electron chi connectivity index (χ4n) is 4.77. The fraction of sp³-hybridized carbons (Fsp3) is 0.625. The maximum Gasteiger partial charge on any atom is 0.252 e. The summed E-state index contributed by atoms with van der Waals surface area (Å²) in [6, 6.07) is 4.47. The van der Waals surface area contributed by atoms with Crippen molar-refractivity contribution in [3.63, 3.8) is 0 Å². The number of piperidine rings is 2. The van der Waals surface area contributed by atoms with Gasteiger partial charge in [0.15, 0.2) is 11.5 Å². The van der Waals surface area contributed by atoms with Gasteiger partial charge in [0, 0.05) is 37.7 Å². The van der Waals surface area contributed by atoms with Crippen LogP contribution in [0.5, 0.6) is 11.5 Å². The van der Waals surface area contributed by atoms with Gasteiger partial charge in [0.2, 0.25) is 18.6 Å². The van der Waals surface area contributed by atoms with E-state index in [0.29, 0.717) is 43.0 Å². The van der Waals surface area contributed by atoms with Crippen LogP contribution in [-0.4, -0.2) is 66.5 Å². The van der Waals surface area contributed by atoms with E-state index in [0.717, 1.165) is 32.4 Å². The number of carbonyl (C=O) groups is 3. The molecule has 8 heteroatoms. The van der Waals surface area contributed by atoms with Gasteiger partial charge in [-0.15, -0.1) is 0 Å². The highest BCUT2D eigenvalue weighted by Gasteiger charge is 2.37. The second-order valence-electron chi connectivity index (χ2n) is 9.22. The third kappa shape index (κ3) is 4.84. The number of rotatable bonds is 5. The van der Waals surface area contributed by atoms with Crippen molar-refractivity contribution in [3.8, 4) is 11.5 Å². The summed E-state index contributed by atoms with van der Waals surface area (Å²) in [6.45, 7) is 6.66. The molecular formula is C24H33N3O5. The molecule has 3 heterocycles. The molecule has 0 bridgehead atoms. The molecule has 3 amide bonds. The molecule has 1 aromatic carbocycles. The number of ether oxygens (including phenoxy) is 2. The first-order valence-corrected chi connectivity index (χ1v) is 11.7. The number of nitrogens with one attached hydrogen (secondary N) is 1. The average molecular weight is 444 g/mol. The molecule has 3 aliphatic rings. The van der Waals surface area contributed by atoms with Crippen molar-refractivity contribution < 1.29 is 23.9 Å². The summed E-state index contributed by atoms with van der Waals surface area (Å²) < 4.78 is 10.7. The predicted octanol–water partition coefficient (Wildman–Crippen LogP) is 2.42. The first-order valence-electron chi connectivity index (χ1n) is 11.7. The molecule has 1 atom stereocenters. The van der Waals surface area contributed by atoms with Crippen molar-refractivity contribution in [2.45, 2.75) is 52.0 Å². The molecule has 8 nitrogen and oxygen atoms in total. The van der Waals surface area contributed by atoms with Crippen LogP contribution in [0.1, 0.15) is 56.3 Å². The summed E-state index contributed by atoms with van der Waals surface area (Å²) in [5, 5.41) is 3.03. The Hall–Kier alpha value is -2.77. The zero-order valence-electron chi connectivity index (χ0n) is 19.0. The van der Waals surface area contributed by atoms with E-state index in [1.165, 1.54) is 0 Å². The molecule has 174 valence electrons. The van der Waals surface area contributed by atoms with E-state index in [1.54, 1.807) is 18.2 Å². The van der Waals surface area contributed by atoms with Crippen LogP contribution in [-0.2, 0) is 9.59 Å². The first-order chi connectivity index (χ1) is 15.4. The molecule has 32 heavy (non-hydrogen) atoms. The number of fused-ring (bicyclic) bond motifs is 1. The van der Waals surface area contributed by atoms with Crippen LogP contribution < -0.4 is 14.8 Å². The van der Waals surface area contributed by atoms with Crippen molar-refractivity contribution in [2.75, 3.05) is 33.0 Å². The van der Waals surface area contributed by atoms with E-state index in [9.17, 15) is 14.4 Å². The van der Waals surface area contributed by atoms with Crippen LogP contribution in [0.4, 0.5) is 0 Å². The van der Waals surface area contributed by atoms with Crippen molar-refractivity contribution in [3.05, 3.63) is 23.8 Å². The van der Waals surface area contributed by atoms with E-state index in [2.05, 4.69) is 5.32 Å². The second kappa shape index (κ2) is 9.79. The van der Waals surface area contributed by atoms with Crippen molar-refractivity contribution in [2.24, 2.45) is 11.8 Å². The van der Waals surface area contributed by atoms with E-state index in [4.69, 9.17) is 9.47 Å². The van der Waals surface area contributed by atoms with Gasteiger partial charge >= 0.3 is 0 Å². The summed E-state index contributed by atoms with van der Waals surface area (Å²) >= 11 is 0.